The average molecular weight is 597 g/mol. The smallest absolute Gasteiger partial charge is 0.326 e. The van der Waals surface area contributed by atoms with Crippen molar-refractivity contribution in [2.75, 3.05) is 20.7 Å². The van der Waals surface area contributed by atoms with Gasteiger partial charge in [-0.05, 0) is 67.0 Å². The van der Waals surface area contributed by atoms with Crippen LogP contribution in [-0.2, 0) is 17.8 Å². The highest BCUT2D eigenvalue weighted by Gasteiger charge is 2.22. The molecule has 3 aromatic rings. The van der Waals surface area contributed by atoms with Crippen LogP contribution < -0.4 is 15.4 Å². The van der Waals surface area contributed by atoms with E-state index in [2.05, 4.69) is 22.5 Å². The van der Waals surface area contributed by atoms with Gasteiger partial charge in [0.1, 0.15) is 18.0 Å². The summed E-state index contributed by atoms with van der Waals surface area (Å²) in [7, 11) is 3.95. The molecule has 1 unspecified atom stereocenters. The number of amides is 1. The first kappa shape index (κ1) is 32.5. The SMILES string of the molecule is CCCCCCCOc1ccc(C2=CNC(c3ccc(C[C@H](NC(=O)c4ccc(CN(C)C)cc4)C(=O)O)cc3)N=C2)cc1. The van der Waals surface area contributed by atoms with Crippen molar-refractivity contribution in [3.05, 3.63) is 107 Å². The molecular weight excluding hydrogens is 552 g/mol. The van der Waals surface area contributed by atoms with Gasteiger partial charge in [-0.2, -0.15) is 0 Å². The Morgan fingerprint density at radius 2 is 1.61 bits per heavy atom. The maximum atomic E-state index is 12.8. The van der Waals surface area contributed by atoms with Gasteiger partial charge in [0.25, 0.3) is 5.91 Å². The molecule has 1 amide bonds. The first-order valence-corrected chi connectivity index (χ1v) is 15.4. The maximum Gasteiger partial charge on any atom is 0.326 e. The minimum atomic E-state index is -1.08. The van der Waals surface area contributed by atoms with Crippen LogP contribution in [-0.4, -0.2) is 54.8 Å². The van der Waals surface area contributed by atoms with E-state index < -0.39 is 17.9 Å². The Balaban J connectivity index is 1.27. The van der Waals surface area contributed by atoms with Gasteiger partial charge >= 0.3 is 5.97 Å². The minimum Gasteiger partial charge on any atom is -0.494 e. The highest BCUT2D eigenvalue weighted by Crippen LogP contribution is 2.24. The molecule has 0 spiro atoms. The number of nitrogens with one attached hydrogen (secondary N) is 2. The molecule has 0 fully saturated rings. The molecule has 0 saturated heterocycles. The van der Waals surface area contributed by atoms with E-state index in [1.54, 1.807) is 12.1 Å². The summed E-state index contributed by atoms with van der Waals surface area (Å²) in [6.45, 7) is 3.72. The molecule has 232 valence electrons. The Hall–Kier alpha value is -4.43. The lowest BCUT2D eigenvalue weighted by Crippen LogP contribution is -2.42. The van der Waals surface area contributed by atoms with Gasteiger partial charge in [-0.1, -0.05) is 81.1 Å². The summed E-state index contributed by atoms with van der Waals surface area (Å²) < 4.78 is 5.88. The first-order valence-electron chi connectivity index (χ1n) is 15.4. The highest BCUT2D eigenvalue weighted by molar-refractivity contribution is 6.10. The number of carboxylic acid groups (broad SMARTS) is 1. The first-order chi connectivity index (χ1) is 21.3. The van der Waals surface area contributed by atoms with Crippen LogP contribution in [0.5, 0.6) is 5.75 Å². The normalized spacial score (nSPS) is 14.9. The van der Waals surface area contributed by atoms with Crippen LogP contribution in [0.3, 0.4) is 0 Å². The third kappa shape index (κ3) is 9.81. The Kier molecular flexibility index (Phi) is 12.1. The summed E-state index contributed by atoms with van der Waals surface area (Å²) in [6.07, 6.45) is 9.83. The van der Waals surface area contributed by atoms with Gasteiger partial charge in [-0.25, -0.2) is 4.79 Å². The third-order valence-electron chi connectivity index (χ3n) is 7.52. The number of carbonyl (C=O) groups excluding carboxylic acids is 1. The number of allylic oxidation sites excluding steroid dienone is 1. The van der Waals surface area contributed by atoms with E-state index in [4.69, 9.17) is 4.74 Å². The molecule has 0 aliphatic carbocycles. The third-order valence-corrected chi connectivity index (χ3v) is 7.52. The van der Waals surface area contributed by atoms with Crippen molar-refractivity contribution in [1.82, 2.24) is 15.5 Å². The number of hydrogen-bond acceptors (Lipinski definition) is 6. The predicted molar refractivity (Wildman–Crippen MR) is 176 cm³/mol. The molecule has 0 aromatic heterocycles. The highest BCUT2D eigenvalue weighted by atomic mass is 16.5. The number of hydrogen-bond donors (Lipinski definition) is 3. The topological polar surface area (TPSA) is 103 Å². The largest absolute Gasteiger partial charge is 0.494 e. The monoisotopic (exact) mass is 596 g/mol. The second-order valence-corrected chi connectivity index (χ2v) is 11.5. The van der Waals surface area contributed by atoms with E-state index in [0.717, 1.165) is 53.1 Å². The number of rotatable bonds is 16. The standard InChI is InChI=1S/C36H44N4O4/c1-4-5-6-7-8-21-44-32-19-17-28(18-20-32)31-23-37-34(38-24-31)29-13-9-26(10-14-29)22-33(36(42)43)39-35(41)30-15-11-27(12-16-30)25-40(2)3/h9-20,23-24,33-34,37H,4-8,21-22,25H2,1-3H3,(H,39,41)(H,42,43)/t33-,34?/m0/s1. The number of nitrogens with zero attached hydrogens (tertiary/aromatic N) is 2. The summed E-state index contributed by atoms with van der Waals surface area (Å²) in [5.74, 6) is -0.610. The molecule has 0 bridgehead atoms. The van der Waals surface area contributed by atoms with E-state index >= 15 is 0 Å². The van der Waals surface area contributed by atoms with Gasteiger partial charge in [-0.15, -0.1) is 0 Å². The van der Waals surface area contributed by atoms with E-state index in [9.17, 15) is 14.7 Å². The van der Waals surface area contributed by atoms with Crippen LogP contribution in [0.15, 0.2) is 84.0 Å². The Bertz CT molecular complexity index is 1410. The molecule has 8 nitrogen and oxygen atoms in total. The lowest BCUT2D eigenvalue weighted by molar-refractivity contribution is -0.139. The lowest BCUT2D eigenvalue weighted by Gasteiger charge is -2.20. The number of ether oxygens (including phenoxy) is 1. The second kappa shape index (κ2) is 16.4. The van der Waals surface area contributed by atoms with Gasteiger partial charge in [0.05, 0.1) is 6.61 Å². The van der Waals surface area contributed by atoms with E-state index in [-0.39, 0.29) is 12.6 Å². The van der Waals surface area contributed by atoms with Crippen LogP contribution in [0.4, 0.5) is 0 Å². The summed E-state index contributed by atoms with van der Waals surface area (Å²) in [4.78, 5) is 31.4. The summed E-state index contributed by atoms with van der Waals surface area (Å²) in [5.41, 5.74) is 5.31. The number of carboxylic acids is 1. The maximum absolute atomic E-state index is 12.8. The fourth-order valence-corrected chi connectivity index (χ4v) is 5.02. The van der Waals surface area contributed by atoms with Gasteiger partial charge in [0.2, 0.25) is 0 Å². The van der Waals surface area contributed by atoms with E-state index in [1.165, 1.54) is 25.7 Å². The molecule has 0 saturated carbocycles. The summed E-state index contributed by atoms with van der Waals surface area (Å²) >= 11 is 0. The van der Waals surface area contributed by atoms with Gasteiger partial charge < -0.3 is 25.4 Å². The van der Waals surface area contributed by atoms with Crippen LogP contribution in [0.25, 0.3) is 5.57 Å². The summed E-state index contributed by atoms with van der Waals surface area (Å²) in [6, 6.07) is 21.9. The summed E-state index contributed by atoms with van der Waals surface area (Å²) in [5, 5.41) is 15.8. The van der Waals surface area contributed by atoms with Gasteiger partial charge in [-0.3, -0.25) is 9.79 Å². The van der Waals surface area contributed by atoms with Crippen LogP contribution in [0.1, 0.15) is 77.8 Å². The number of carbonyl (C=O) groups is 2. The van der Waals surface area contributed by atoms with Gasteiger partial charge in [0.15, 0.2) is 0 Å². The molecule has 0 radical (unpaired) electrons. The molecule has 44 heavy (non-hydrogen) atoms. The molecule has 1 heterocycles. The van der Waals surface area contributed by atoms with Crippen molar-refractivity contribution in [3.8, 4) is 5.75 Å². The van der Waals surface area contributed by atoms with Crippen molar-refractivity contribution in [2.24, 2.45) is 4.99 Å². The second-order valence-electron chi connectivity index (χ2n) is 11.5. The predicted octanol–water partition coefficient (Wildman–Crippen LogP) is 6.24. The van der Waals surface area contributed by atoms with Crippen molar-refractivity contribution < 1.29 is 19.4 Å². The van der Waals surface area contributed by atoms with Gasteiger partial charge in [0, 0.05) is 36.5 Å². The van der Waals surface area contributed by atoms with Crippen molar-refractivity contribution in [2.45, 2.75) is 64.2 Å². The zero-order valence-electron chi connectivity index (χ0n) is 26.0. The number of aliphatic imine (C=N–C) groups is 1. The fraction of sp³-hybridized carbons (Fsp3) is 0.361. The fourth-order valence-electron chi connectivity index (χ4n) is 5.02. The van der Waals surface area contributed by atoms with Crippen LogP contribution in [0, 0.1) is 0 Å². The quantitative estimate of drug-likeness (QED) is 0.169. The molecule has 1 aliphatic heterocycles. The lowest BCUT2D eigenvalue weighted by atomic mass is 10.0. The Morgan fingerprint density at radius 1 is 0.932 bits per heavy atom. The average Bonchev–Trinajstić information content (AvgIpc) is 3.03. The van der Waals surface area contributed by atoms with Crippen molar-refractivity contribution in [3.63, 3.8) is 0 Å². The molecule has 1 aliphatic rings. The molecule has 8 heteroatoms. The molecule has 3 aromatic carbocycles. The van der Waals surface area contributed by atoms with E-state index in [1.807, 2.05) is 92.1 Å². The van der Waals surface area contributed by atoms with Crippen molar-refractivity contribution >= 4 is 23.7 Å². The van der Waals surface area contributed by atoms with Crippen molar-refractivity contribution in [1.29, 1.82) is 0 Å². The molecular formula is C36H44N4O4. The molecule has 4 rings (SSSR count). The molecule has 2 atom stereocenters. The Morgan fingerprint density at radius 3 is 2.23 bits per heavy atom. The number of benzene rings is 3. The number of aliphatic carboxylic acids is 1. The van der Waals surface area contributed by atoms with E-state index in [0.29, 0.717) is 5.56 Å². The zero-order chi connectivity index (χ0) is 31.3. The van der Waals surface area contributed by atoms with Crippen LogP contribution >= 0.6 is 0 Å². The minimum absolute atomic E-state index is 0.171. The molecule has 3 N–H and O–H groups in total. The Labute approximate surface area is 260 Å². The van der Waals surface area contributed by atoms with Crippen LogP contribution in [0.2, 0.25) is 0 Å². The zero-order valence-corrected chi connectivity index (χ0v) is 26.0. The number of unbranched alkanes of at least 4 members (excludes halogenated alkanes) is 4.